The molecular weight excluding hydrogens is 605 g/mol. The van der Waals surface area contributed by atoms with E-state index in [1.807, 2.05) is 0 Å². The maximum Gasteiger partial charge on any atom is 0.472 e. The summed E-state index contributed by atoms with van der Waals surface area (Å²) < 4.78 is 32.7. The van der Waals surface area contributed by atoms with Crippen molar-refractivity contribution in [1.29, 1.82) is 0 Å². The van der Waals surface area contributed by atoms with Crippen molar-refractivity contribution in [3.63, 3.8) is 0 Å². The van der Waals surface area contributed by atoms with E-state index in [-0.39, 0.29) is 38.6 Å². The highest BCUT2D eigenvalue weighted by atomic mass is 31.2. The minimum Gasteiger partial charge on any atom is -0.462 e. The summed E-state index contributed by atoms with van der Waals surface area (Å²) in [5, 5.41) is 0. The molecule has 1 aliphatic carbocycles. The van der Waals surface area contributed by atoms with Crippen LogP contribution in [-0.4, -0.2) is 49.3 Å². The van der Waals surface area contributed by atoms with E-state index in [1.165, 1.54) is 109 Å². The molecule has 1 saturated carbocycles. The first-order valence-corrected chi connectivity index (χ1v) is 20.5. The Morgan fingerprint density at radius 1 is 0.674 bits per heavy atom. The molecule has 3 N–H and O–H groups in total. The summed E-state index contributed by atoms with van der Waals surface area (Å²) in [5.41, 5.74) is 5.33. The minimum absolute atomic E-state index is 0.0587. The summed E-state index contributed by atoms with van der Waals surface area (Å²) in [6.45, 7) is 3.76. The molecule has 0 aliphatic heterocycles. The Balaban J connectivity index is 2.21. The molecule has 1 aliphatic rings. The topological polar surface area (TPSA) is 134 Å². The van der Waals surface area contributed by atoms with E-state index in [0.29, 0.717) is 6.42 Å². The van der Waals surface area contributed by atoms with Crippen LogP contribution in [0, 0.1) is 11.8 Å². The summed E-state index contributed by atoms with van der Waals surface area (Å²) in [4.78, 5) is 34.7. The number of hydrogen-bond donors (Lipinski definition) is 2. The Kier molecular flexibility index (Phi) is 27.1. The van der Waals surface area contributed by atoms with E-state index in [1.54, 1.807) is 0 Å². The van der Waals surface area contributed by atoms with Gasteiger partial charge in [0.25, 0.3) is 0 Å². The Bertz CT molecular complexity index is 798. The Labute approximate surface area is 281 Å². The van der Waals surface area contributed by atoms with Crippen molar-refractivity contribution < 1.29 is 37.6 Å². The van der Waals surface area contributed by atoms with Crippen molar-refractivity contribution in [1.82, 2.24) is 0 Å². The standard InChI is InChI=1S/C36H70NO8P/c1-3-5-7-8-9-10-11-12-13-14-15-18-21-25-35(38)42-30-34(31-44-46(40,41)43-28-27-37)45-36(39)26-22-19-16-17-20-24-33-29-32(33)23-6-4-2/h32-34H,3-31,37H2,1-2H3,(H,40,41). The van der Waals surface area contributed by atoms with Crippen molar-refractivity contribution in [3.05, 3.63) is 0 Å². The lowest BCUT2D eigenvalue weighted by Gasteiger charge is -2.19. The molecule has 272 valence electrons. The van der Waals surface area contributed by atoms with Gasteiger partial charge in [0.2, 0.25) is 0 Å². The van der Waals surface area contributed by atoms with Gasteiger partial charge < -0.3 is 20.1 Å². The van der Waals surface area contributed by atoms with Crippen LogP contribution in [0.25, 0.3) is 0 Å². The average molecular weight is 676 g/mol. The van der Waals surface area contributed by atoms with Gasteiger partial charge in [0.05, 0.1) is 13.2 Å². The molecule has 0 aromatic carbocycles. The maximum atomic E-state index is 12.5. The Hall–Kier alpha value is -0.990. The average Bonchev–Trinajstić information content (AvgIpc) is 3.80. The fourth-order valence-electron chi connectivity index (χ4n) is 5.98. The van der Waals surface area contributed by atoms with Gasteiger partial charge in [-0.05, 0) is 31.1 Å². The predicted octanol–water partition coefficient (Wildman–Crippen LogP) is 9.57. The monoisotopic (exact) mass is 675 g/mol. The zero-order valence-electron chi connectivity index (χ0n) is 29.6. The second-order valence-electron chi connectivity index (χ2n) is 13.4. The number of unbranched alkanes of at least 4 members (excludes halogenated alkanes) is 17. The first-order valence-electron chi connectivity index (χ1n) is 19.0. The van der Waals surface area contributed by atoms with Gasteiger partial charge in [0, 0.05) is 19.4 Å². The zero-order valence-corrected chi connectivity index (χ0v) is 30.5. The van der Waals surface area contributed by atoms with E-state index in [9.17, 15) is 19.0 Å². The molecule has 0 aromatic heterocycles. The molecule has 1 rings (SSSR count). The van der Waals surface area contributed by atoms with Gasteiger partial charge in [-0.1, -0.05) is 142 Å². The van der Waals surface area contributed by atoms with Gasteiger partial charge >= 0.3 is 19.8 Å². The number of phosphoric acid groups is 1. The van der Waals surface area contributed by atoms with Gasteiger partial charge in [0.1, 0.15) is 6.61 Å². The van der Waals surface area contributed by atoms with Crippen LogP contribution < -0.4 is 5.73 Å². The molecule has 4 unspecified atom stereocenters. The molecule has 0 radical (unpaired) electrons. The van der Waals surface area contributed by atoms with E-state index in [2.05, 4.69) is 13.8 Å². The first-order chi connectivity index (χ1) is 22.3. The lowest BCUT2D eigenvalue weighted by Crippen LogP contribution is -2.29. The summed E-state index contributed by atoms with van der Waals surface area (Å²) in [7, 11) is -4.36. The van der Waals surface area contributed by atoms with Crippen molar-refractivity contribution in [2.24, 2.45) is 17.6 Å². The molecule has 1 fully saturated rings. The molecule has 0 amide bonds. The van der Waals surface area contributed by atoms with Crippen LogP contribution in [-0.2, 0) is 32.7 Å². The van der Waals surface area contributed by atoms with Gasteiger partial charge in [-0.3, -0.25) is 18.6 Å². The number of nitrogens with two attached hydrogens (primary N) is 1. The minimum atomic E-state index is -4.36. The molecule has 4 atom stereocenters. The molecule has 0 bridgehead atoms. The summed E-state index contributed by atoms with van der Waals surface area (Å²) in [5.74, 6) is 1.10. The molecule has 9 nitrogen and oxygen atoms in total. The van der Waals surface area contributed by atoms with Crippen LogP contribution in [0.5, 0.6) is 0 Å². The van der Waals surface area contributed by atoms with Crippen LogP contribution in [0.4, 0.5) is 0 Å². The molecule has 0 aromatic rings. The first kappa shape index (κ1) is 43.0. The highest BCUT2D eigenvalue weighted by molar-refractivity contribution is 7.47. The summed E-state index contributed by atoms with van der Waals surface area (Å²) in [6, 6.07) is 0. The third kappa shape index (κ3) is 26.0. The van der Waals surface area contributed by atoms with Crippen LogP contribution in [0.3, 0.4) is 0 Å². The fourth-order valence-corrected chi connectivity index (χ4v) is 6.74. The number of carbonyl (C=O) groups excluding carboxylic acids is 2. The highest BCUT2D eigenvalue weighted by Gasteiger charge is 2.34. The van der Waals surface area contributed by atoms with Crippen LogP contribution >= 0.6 is 7.82 Å². The molecular formula is C36H70NO8P. The largest absolute Gasteiger partial charge is 0.472 e. The van der Waals surface area contributed by atoms with Crippen molar-refractivity contribution >= 4 is 19.8 Å². The number of rotatable bonds is 34. The quantitative estimate of drug-likeness (QED) is 0.0388. The van der Waals surface area contributed by atoms with E-state index in [4.69, 9.17) is 24.3 Å². The SMILES string of the molecule is CCCCCCCCCCCCCCCC(=O)OCC(COP(=O)(O)OCCN)OC(=O)CCCCCCCC1CC1CCCC. The molecule has 0 saturated heterocycles. The van der Waals surface area contributed by atoms with Gasteiger partial charge in [0.15, 0.2) is 6.10 Å². The zero-order chi connectivity index (χ0) is 33.7. The van der Waals surface area contributed by atoms with Crippen LogP contribution in [0.1, 0.15) is 174 Å². The second kappa shape index (κ2) is 29.0. The third-order valence-electron chi connectivity index (χ3n) is 8.96. The maximum absolute atomic E-state index is 12.5. The van der Waals surface area contributed by atoms with Crippen molar-refractivity contribution in [3.8, 4) is 0 Å². The van der Waals surface area contributed by atoms with Gasteiger partial charge in [-0.2, -0.15) is 0 Å². The third-order valence-corrected chi connectivity index (χ3v) is 9.95. The van der Waals surface area contributed by atoms with E-state index in [0.717, 1.165) is 43.9 Å². The molecule has 0 spiro atoms. The highest BCUT2D eigenvalue weighted by Crippen LogP contribution is 2.45. The van der Waals surface area contributed by atoms with E-state index >= 15 is 0 Å². The number of esters is 2. The summed E-state index contributed by atoms with van der Waals surface area (Å²) in [6.07, 6.45) is 27.5. The predicted molar refractivity (Wildman–Crippen MR) is 185 cm³/mol. The number of phosphoric ester groups is 1. The molecule has 46 heavy (non-hydrogen) atoms. The lowest BCUT2D eigenvalue weighted by molar-refractivity contribution is -0.161. The number of hydrogen-bond acceptors (Lipinski definition) is 8. The summed E-state index contributed by atoms with van der Waals surface area (Å²) >= 11 is 0. The second-order valence-corrected chi connectivity index (χ2v) is 14.8. The number of ether oxygens (including phenoxy) is 2. The fraction of sp³-hybridized carbons (Fsp3) is 0.944. The van der Waals surface area contributed by atoms with Crippen molar-refractivity contribution in [2.45, 2.75) is 180 Å². The van der Waals surface area contributed by atoms with E-state index < -0.39 is 26.5 Å². The van der Waals surface area contributed by atoms with Gasteiger partial charge in [-0.25, -0.2) is 4.57 Å². The lowest BCUT2D eigenvalue weighted by atomic mass is 10.0. The molecule has 0 heterocycles. The normalized spacial score (nSPS) is 17.8. The van der Waals surface area contributed by atoms with Crippen LogP contribution in [0.2, 0.25) is 0 Å². The van der Waals surface area contributed by atoms with Gasteiger partial charge in [-0.15, -0.1) is 0 Å². The molecule has 10 heteroatoms. The van der Waals surface area contributed by atoms with Crippen molar-refractivity contribution in [2.75, 3.05) is 26.4 Å². The number of carbonyl (C=O) groups is 2. The Morgan fingerprint density at radius 2 is 1.15 bits per heavy atom. The van der Waals surface area contributed by atoms with Crippen LogP contribution in [0.15, 0.2) is 0 Å². The Morgan fingerprint density at radius 3 is 1.70 bits per heavy atom. The smallest absolute Gasteiger partial charge is 0.462 e.